The van der Waals surface area contributed by atoms with E-state index in [0.717, 1.165) is 17.6 Å². The number of aryl methyl sites for hydroxylation is 2. The third-order valence-corrected chi connectivity index (χ3v) is 5.50. The van der Waals surface area contributed by atoms with Gasteiger partial charge in [-0.05, 0) is 26.0 Å². The lowest BCUT2D eigenvalue weighted by atomic mass is 10.1. The summed E-state index contributed by atoms with van der Waals surface area (Å²) in [5.74, 6) is -0.968. The topological polar surface area (TPSA) is 80.0 Å². The van der Waals surface area contributed by atoms with Gasteiger partial charge in [0.1, 0.15) is 5.56 Å². The molecule has 0 amide bonds. The van der Waals surface area contributed by atoms with E-state index in [4.69, 9.17) is 0 Å². The molecule has 0 atom stereocenters. The predicted octanol–water partition coefficient (Wildman–Crippen LogP) is 2.28. The summed E-state index contributed by atoms with van der Waals surface area (Å²) in [5, 5.41) is 17.9. The standard InChI is InChI=1S/C14H18N4O2S/c1-8-10-11(16-7-14(21-3)4-5-14)9(13(19)20)6-15-12(10)18(2)17-8/h6H,4-5,7H2,1-3H3,(H,15,16)(H,19,20). The number of anilines is 1. The Kier molecular flexibility index (Phi) is 3.32. The van der Waals surface area contributed by atoms with Crippen molar-refractivity contribution in [3.05, 3.63) is 17.5 Å². The Morgan fingerprint density at radius 1 is 1.57 bits per heavy atom. The maximum absolute atomic E-state index is 11.5. The van der Waals surface area contributed by atoms with Gasteiger partial charge in [0.2, 0.25) is 0 Å². The molecule has 6 nitrogen and oxygen atoms in total. The molecule has 0 spiro atoms. The number of nitrogens with zero attached hydrogens (tertiary/aromatic N) is 3. The van der Waals surface area contributed by atoms with Gasteiger partial charge in [0.05, 0.1) is 16.8 Å². The third-order valence-electron chi connectivity index (χ3n) is 4.09. The van der Waals surface area contributed by atoms with Crippen LogP contribution in [0.3, 0.4) is 0 Å². The van der Waals surface area contributed by atoms with Crippen LogP contribution >= 0.6 is 11.8 Å². The van der Waals surface area contributed by atoms with Crippen molar-refractivity contribution in [3.63, 3.8) is 0 Å². The number of nitrogens with one attached hydrogen (secondary N) is 1. The van der Waals surface area contributed by atoms with Crippen molar-refractivity contribution in [2.24, 2.45) is 7.05 Å². The quantitative estimate of drug-likeness (QED) is 0.882. The van der Waals surface area contributed by atoms with E-state index in [2.05, 4.69) is 21.7 Å². The van der Waals surface area contributed by atoms with E-state index in [9.17, 15) is 9.90 Å². The Labute approximate surface area is 126 Å². The molecule has 1 saturated carbocycles. The summed E-state index contributed by atoms with van der Waals surface area (Å²) < 4.78 is 1.93. The molecule has 1 aliphatic rings. The fourth-order valence-electron chi connectivity index (χ4n) is 2.60. The van der Waals surface area contributed by atoms with E-state index in [1.54, 1.807) is 4.68 Å². The molecule has 0 unspecified atom stereocenters. The zero-order valence-corrected chi connectivity index (χ0v) is 13.1. The molecule has 3 rings (SSSR count). The summed E-state index contributed by atoms with van der Waals surface area (Å²) in [7, 11) is 1.82. The van der Waals surface area contributed by atoms with E-state index in [0.29, 0.717) is 11.3 Å². The number of hydrogen-bond donors (Lipinski definition) is 2. The van der Waals surface area contributed by atoms with Crippen LogP contribution in [-0.4, -0.2) is 43.4 Å². The van der Waals surface area contributed by atoms with Crippen LogP contribution in [0.15, 0.2) is 6.20 Å². The van der Waals surface area contributed by atoms with E-state index < -0.39 is 5.97 Å². The zero-order chi connectivity index (χ0) is 15.2. The average molecular weight is 306 g/mol. The highest BCUT2D eigenvalue weighted by Gasteiger charge is 2.41. The first-order chi connectivity index (χ1) is 9.97. The second kappa shape index (κ2) is 4.91. The minimum absolute atomic E-state index is 0.204. The lowest BCUT2D eigenvalue weighted by molar-refractivity contribution is 0.0697. The predicted molar refractivity (Wildman–Crippen MR) is 84.2 cm³/mol. The number of fused-ring (bicyclic) bond motifs is 1. The van der Waals surface area contributed by atoms with E-state index in [-0.39, 0.29) is 10.3 Å². The van der Waals surface area contributed by atoms with Gasteiger partial charge in [0, 0.05) is 24.5 Å². The molecule has 7 heteroatoms. The summed E-state index contributed by atoms with van der Waals surface area (Å²) in [6, 6.07) is 0. The van der Waals surface area contributed by atoms with E-state index in [1.807, 2.05) is 25.7 Å². The van der Waals surface area contributed by atoms with E-state index in [1.165, 1.54) is 19.0 Å². The number of aromatic nitrogens is 3. The number of carboxylic acids is 1. The second-order valence-electron chi connectivity index (χ2n) is 5.50. The molecule has 1 aliphatic carbocycles. The molecule has 1 fully saturated rings. The molecule has 0 aliphatic heterocycles. The number of rotatable bonds is 5. The molecule has 0 saturated heterocycles. The minimum Gasteiger partial charge on any atom is -0.478 e. The lowest BCUT2D eigenvalue weighted by Gasteiger charge is -2.16. The summed E-state index contributed by atoms with van der Waals surface area (Å²) in [4.78, 5) is 15.7. The molecular formula is C14H18N4O2S. The summed E-state index contributed by atoms with van der Waals surface area (Å²) in [5.41, 5.74) is 2.34. The van der Waals surface area contributed by atoms with Crippen LogP contribution in [0.25, 0.3) is 11.0 Å². The van der Waals surface area contributed by atoms with Crippen LogP contribution in [0, 0.1) is 6.92 Å². The Morgan fingerprint density at radius 3 is 2.86 bits per heavy atom. The van der Waals surface area contributed by atoms with E-state index >= 15 is 0 Å². The lowest BCUT2D eigenvalue weighted by Crippen LogP contribution is -2.19. The minimum atomic E-state index is -0.968. The maximum Gasteiger partial charge on any atom is 0.339 e. The van der Waals surface area contributed by atoms with Crippen molar-refractivity contribution in [3.8, 4) is 0 Å². The number of pyridine rings is 1. The Bertz CT molecular complexity index is 721. The Hall–Kier alpha value is -1.76. The van der Waals surface area contributed by atoms with Gasteiger partial charge >= 0.3 is 5.97 Å². The van der Waals surface area contributed by atoms with Gasteiger partial charge in [-0.3, -0.25) is 4.68 Å². The van der Waals surface area contributed by atoms with Crippen molar-refractivity contribution < 1.29 is 9.90 Å². The van der Waals surface area contributed by atoms with Crippen molar-refractivity contribution in [2.75, 3.05) is 18.1 Å². The molecule has 21 heavy (non-hydrogen) atoms. The van der Waals surface area contributed by atoms with Gasteiger partial charge in [-0.15, -0.1) is 0 Å². The highest BCUT2D eigenvalue weighted by atomic mass is 32.2. The van der Waals surface area contributed by atoms with Crippen LogP contribution in [0.4, 0.5) is 5.69 Å². The second-order valence-corrected chi connectivity index (χ2v) is 6.77. The fourth-order valence-corrected chi connectivity index (χ4v) is 3.33. The monoisotopic (exact) mass is 306 g/mol. The summed E-state index contributed by atoms with van der Waals surface area (Å²) >= 11 is 1.84. The third kappa shape index (κ3) is 2.35. The Morgan fingerprint density at radius 2 is 2.29 bits per heavy atom. The van der Waals surface area contributed by atoms with Crippen molar-refractivity contribution in [1.82, 2.24) is 14.8 Å². The van der Waals surface area contributed by atoms with Gasteiger partial charge in [0.15, 0.2) is 5.65 Å². The zero-order valence-electron chi connectivity index (χ0n) is 12.3. The number of aromatic carboxylic acids is 1. The fraction of sp³-hybridized carbons (Fsp3) is 0.500. The Balaban J connectivity index is 2.08. The van der Waals surface area contributed by atoms with Crippen LogP contribution in [0.1, 0.15) is 28.9 Å². The average Bonchev–Trinajstić information content (AvgIpc) is 3.18. The molecule has 2 heterocycles. The van der Waals surface area contributed by atoms with Gasteiger partial charge in [-0.2, -0.15) is 16.9 Å². The maximum atomic E-state index is 11.5. The highest BCUT2D eigenvalue weighted by molar-refractivity contribution is 8.00. The van der Waals surface area contributed by atoms with Crippen molar-refractivity contribution in [1.29, 1.82) is 0 Å². The number of carboxylic acid groups (broad SMARTS) is 1. The van der Waals surface area contributed by atoms with Gasteiger partial charge in [-0.1, -0.05) is 0 Å². The first kappa shape index (κ1) is 14.2. The van der Waals surface area contributed by atoms with Crippen LogP contribution in [0.2, 0.25) is 0 Å². The van der Waals surface area contributed by atoms with Crippen LogP contribution in [-0.2, 0) is 7.05 Å². The largest absolute Gasteiger partial charge is 0.478 e. The van der Waals surface area contributed by atoms with Crippen molar-refractivity contribution >= 4 is 34.5 Å². The highest BCUT2D eigenvalue weighted by Crippen LogP contribution is 2.47. The summed E-state index contributed by atoms with van der Waals surface area (Å²) in [6.07, 6.45) is 5.85. The van der Waals surface area contributed by atoms with Crippen LogP contribution < -0.4 is 5.32 Å². The van der Waals surface area contributed by atoms with Crippen molar-refractivity contribution in [2.45, 2.75) is 24.5 Å². The molecule has 2 aromatic rings. The molecule has 2 N–H and O–H groups in total. The van der Waals surface area contributed by atoms with Gasteiger partial charge < -0.3 is 10.4 Å². The molecule has 0 aromatic carbocycles. The molecule has 2 aromatic heterocycles. The SMILES string of the molecule is CSC1(CNc2c(C(=O)O)cnc3c2c(C)nn3C)CC1. The number of thioether (sulfide) groups is 1. The van der Waals surface area contributed by atoms with Gasteiger partial charge in [-0.25, -0.2) is 9.78 Å². The van der Waals surface area contributed by atoms with Gasteiger partial charge in [0.25, 0.3) is 0 Å². The first-order valence-electron chi connectivity index (χ1n) is 6.82. The molecule has 112 valence electrons. The normalized spacial score (nSPS) is 16.1. The van der Waals surface area contributed by atoms with Crippen LogP contribution in [0.5, 0.6) is 0 Å². The molecular weight excluding hydrogens is 288 g/mol. The smallest absolute Gasteiger partial charge is 0.339 e. The first-order valence-corrected chi connectivity index (χ1v) is 8.04. The summed E-state index contributed by atoms with van der Waals surface area (Å²) in [6.45, 7) is 2.64. The molecule has 0 radical (unpaired) electrons. The number of hydrogen-bond acceptors (Lipinski definition) is 5. The number of carbonyl (C=O) groups is 1. The molecule has 0 bridgehead atoms.